The van der Waals surface area contributed by atoms with E-state index in [1.54, 1.807) is 0 Å². The molecular formula is C16H22O4. The van der Waals surface area contributed by atoms with Gasteiger partial charge in [-0.2, -0.15) is 0 Å². The Morgan fingerprint density at radius 1 is 0.950 bits per heavy atom. The maximum Gasteiger partial charge on any atom is 0.333 e. The fourth-order valence-corrected chi connectivity index (χ4v) is 3.87. The van der Waals surface area contributed by atoms with Crippen molar-refractivity contribution in [1.29, 1.82) is 0 Å². The van der Waals surface area contributed by atoms with Crippen molar-refractivity contribution in [2.24, 2.45) is 10.8 Å². The highest BCUT2D eigenvalue weighted by Gasteiger charge is 2.56. The van der Waals surface area contributed by atoms with E-state index in [2.05, 4.69) is 13.8 Å². The number of carbonyl (C=O) groups excluding carboxylic acids is 2. The van der Waals surface area contributed by atoms with Crippen LogP contribution in [-0.2, 0) is 19.1 Å². The van der Waals surface area contributed by atoms with Crippen molar-refractivity contribution in [3.63, 3.8) is 0 Å². The van der Waals surface area contributed by atoms with Crippen LogP contribution in [0.1, 0.15) is 39.5 Å². The van der Waals surface area contributed by atoms with Gasteiger partial charge in [-0.1, -0.05) is 26.0 Å². The third kappa shape index (κ3) is 1.89. The van der Waals surface area contributed by atoms with Gasteiger partial charge >= 0.3 is 11.9 Å². The van der Waals surface area contributed by atoms with E-state index in [0.29, 0.717) is 12.8 Å². The molecule has 0 N–H and O–H groups in total. The van der Waals surface area contributed by atoms with Crippen molar-refractivity contribution in [3.05, 3.63) is 23.3 Å². The number of esters is 2. The Morgan fingerprint density at radius 2 is 1.30 bits per heavy atom. The normalized spacial score (nSPS) is 31.4. The Balaban J connectivity index is 2.42. The molecule has 0 aliphatic heterocycles. The topological polar surface area (TPSA) is 52.6 Å². The van der Waals surface area contributed by atoms with Gasteiger partial charge in [0.1, 0.15) is 0 Å². The number of rotatable bonds is 4. The molecule has 2 rings (SSSR count). The lowest BCUT2D eigenvalue weighted by Crippen LogP contribution is -2.31. The summed E-state index contributed by atoms with van der Waals surface area (Å²) in [6.45, 7) is 4.21. The van der Waals surface area contributed by atoms with E-state index < -0.39 is 0 Å². The van der Waals surface area contributed by atoms with Crippen molar-refractivity contribution in [1.82, 2.24) is 0 Å². The highest BCUT2D eigenvalue weighted by molar-refractivity contribution is 5.92. The first-order valence-electron chi connectivity index (χ1n) is 7.07. The van der Waals surface area contributed by atoms with Gasteiger partial charge in [-0.25, -0.2) is 9.59 Å². The molecule has 0 aromatic carbocycles. The van der Waals surface area contributed by atoms with E-state index in [-0.39, 0.29) is 22.8 Å². The van der Waals surface area contributed by atoms with E-state index >= 15 is 0 Å². The standard InChI is InChI=1S/C16H22O4/c1-5-15-7-11(13(17)19-3)9-16(15,6-2)10-12(8-15)14(18)20-4/h7,10H,5-6,8-9H2,1-4H3/t15-,16+/m1/s1. The van der Waals surface area contributed by atoms with Gasteiger partial charge in [0.15, 0.2) is 0 Å². The van der Waals surface area contributed by atoms with Gasteiger partial charge < -0.3 is 9.47 Å². The first-order valence-corrected chi connectivity index (χ1v) is 7.07. The first-order chi connectivity index (χ1) is 9.47. The first kappa shape index (κ1) is 14.8. The van der Waals surface area contributed by atoms with Crippen molar-refractivity contribution in [2.75, 3.05) is 14.2 Å². The second kappa shape index (κ2) is 5.08. The van der Waals surface area contributed by atoms with Crippen LogP contribution in [0.3, 0.4) is 0 Å². The summed E-state index contributed by atoms with van der Waals surface area (Å²) in [5.41, 5.74) is 1.15. The Hall–Kier alpha value is -1.58. The molecule has 0 unspecified atom stereocenters. The molecule has 0 aromatic heterocycles. The van der Waals surface area contributed by atoms with Crippen LogP contribution < -0.4 is 0 Å². The van der Waals surface area contributed by atoms with Crippen molar-refractivity contribution in [3.8, 4) is 0 Å². The summed E-state index contributed by atoms with van der Waals surface area (Å²) >= 11 is 0. The van der Waals surface area contributed by atoms with Crippen LogP contribution in [0.5, 0.6) is 0 Å². The fourth-order valence-electron chi connectivity index (χ4n) is 3.87. The lowest BCUT2D eigenvalue weighted by Gasteiger charge is -2.38. The number of carbonyl (C=O) groups is 2. The van der Waals surface area contributed by atoms with Crippen LogP contribution in [0.15, 0.2) is 23.3 Å². The van der Waals surface area contributed by atoms with E-state index in [4.69, 9.17) is 9.47 Å². The predicted octanol–water partition coefficient (Wildman–Crippen LogP) is 2.79. The molecule has 2 aliphatic rings. The number of methoxy groups -OCH3 is 2. The van der Waals surface area contributed by atoms with Crippen LogP contribution in [0, 0.1) is 10.8 Å². The average molecular weight is 278 g/mol. The Bertz CT molecular complexity index is 457. The minimum atomic E-state index is -0.256. The second-order valence-electron chi connectivity index (χ2n) is 5.70. The SMILES string of the molecule is CC[C@]12C=C(C(=O)OC)C[C@@]1(CC)C=C(C(=O)OC)C2. The summed E-state index contributed by atoms with van der Waals surface area (Å²) < 4.78 is 9.71. The molecule has 2 atom stereocenters. The minimum absolute atomic E-state index is 0.158. The largest absolute Gasteiger partial charge is 0.466 e. The van der Waals surface area contributed by atoms with Crippen LogP contribution in [0.4, 0.5) is 0 Å². The smallest absolute Gasteiger partial charge is 0.333 e. The van der Waals surface area contributed by atoms with E-state index in [0.717, 1.165) is 24.0 Å². The number of hydrogen-bond acceptors (Lipinski definition) is 4. The molecule has 0 aromatic rings. The molecule has 20 heavy (non-hydrogen) atoms. The van der Waals surface area contributed by atoms with Gasteiger partial charge in [0.2, 0.25) is 0 Å². The minimum Gasteiger partial charge on any atom is -0.466 e. The van der Waals surface area contributed by atoms with Crippen molar-refractivity contribution >= 4 is 11.9 Å². The lowest BCUT2D eigenvalue weighted by atomic mass is 9.64. The third-order valence-electron chi connectivity index (χ3n) is 5.06. The highest BCUT2D eigenvalue weighted by Crippen LogP contribution is 2.63. The van der Waals surface area contributed by atoms with Crippen LogP contribution in [-0.4, -0.2) is 26.2 Å². The van der Waals surface area contributed by atoms with Crippen LogP contribution in [0.25, 0.3) is 0 Å². The summed E-state index contributed by atoms with van der Waals surface area (Å²) in [6, 6.07) is 0. The predicted molar refractivity (Wildman–Crippen MR) is 74.9 cm³/mol. The number of fused-ring (bicyclic) bond motifs is 1. The molecule has 0 bridgehead atoms. The highest BCUT2D eigenvalue weighted by atomic mass is 16.5. The molecular weight excluding hydrogens is 256 g/mol. The molecule has 110 valence electrons. The average Bonchev–Trinajstić information content (AvgIpc) is 2.95. The van der Waals surface area contributed by atoms with Crippen molar-refractivity contribution < 1.29 is 19.1 Å². The monoisotopic (exact) mass is 278 g/mol. The quantitative estimate of drug-likeness (QED) is 0.742. The van der Waals surface area contributed by atoms with Gasteiger partial charge in [-0.15, -0.1) is 0 Å². The van der Waals surface area contributed by atoms with Gasteiger partial charge in [0.05, 0.1) is 14.2 Å². The molecule has 0 radical (unpaired) electrons. The number of ether oxygens (including phenoxy) is 2. The molecule has 0 amide bonds. The summed E-state index contributed by atoms with van der Waals surface area (Å²) in [5.74, 6) is -0.513. The molecule has 0 spiro atoms. The van der Waals surface area contributed by atoms with Crippen LogP contribution in [0.2, 0.25) is 0 Å². The molecule has 0 saturated carbocycles. The summed E-state index contributed by atoms with van der Waals surface area (Å²) in [6.07, 6.45) is 7.13. The fraction of sp³-hybridized carbons (Fsp3) is 0.625. The zero-order chi connectivity index (χ0) is 15.0. The Labute approximate surface area is 119 Å². The number of allylic oxidation sites excluding steroid dienone is 2. The zero-order valence-corrected chi connectivity index (χ0v) is 12.6. The molecule has 0 heterocycles. The summed E-state index contributed by atoms with van der Waals surface area (Å²) in [5, 5.41) is 0. The van der Waals surface area contributed by atoms with Crippen LogP contribution >= 0.6 is 0 Å². The molecule has 0 fully saturated rings. The summed E-state index contributed by atoms with van der Waals surface area (Å²) in [4.78, 5) is 23.7. The van der Waals surface area contributed by atoms with Crippen molar-refractivity contribution in [2.45, 2.75) is 39.5 Å². The van der Waals surface area contributed by atoms with E-state index in [9.17, 15) is 9.59 Å². The maximum atomic E-state index is 11.8. The lowest BCUT2D eigenvalue weighted by molar-refractivity contribution is -0.137. The summed E-state index contributed by atoms with van der Waals surface area (Å²) in [7, 11) is 2.81. The molecule has 4 heteroatoms. The van der Waals surface area contributed by atoms with Gasteiger partial charge in [0.25, 0.3) is 0 Å². The Kier molecular flexibility index (Phi) is 3.76. The number of hydrogen-bond donors (Lipinski definition) is 0. The van der Waals surface area contributed by atoms with E-state index in [1.165, 1.54) is 14.2 Å². The van der Waals surface area contributed by atoms with E-state index in [1.807, 2.05) is 12.2 Å². The molecule has 2 aliphatic carbocycles. The maximum absolute atomic E-state index is 11.8. The third-order valence-corrected chi connectivity index (χ3v) is 5.06. The molecule has 0 saturated heterocycles. The zero-order valence-electron chi connectivity index (χ0n) is 12.6. The van der Waals surface area contributed by atoms with Gasteiger partial charge in [-0.05, 0) is 25.7 Å². The molecule has 4 nitrogen and oxygen atoms in total. The second-order valence-corrected chi connectivity index (χ2v) is 5.70. The van der Waals surface area contributed by atoms with Gasteiger partial charge in [0, 0.05) is 22.0 Å². The Morgan fingerprint density at radius 3 is 1.55 bits per heavy atom. The van der Waals surface area contributed by atoms with Gasteiger partial charge in [-0.3, -0.25) is 0 Å².